The van der Waals surface area contributed by atoms with Crippen molar-refractivity contribution in [3.63, 3.8) is 0 Å². The maximum Gasteiger partial charge on any atom is 0.349 e. The van der Waals surface area contributed by atoms with E-state index in [1.54, 1.807) is 0 Å². The molecule has 5 nitrogen and oxygen atoms in total. The summed E-state index contributed by atoms with van der Waals surface area (Å²) in [5.41, 5.74) is 14.6. The Morgan fingerprint density at radius 3 is 2.19 bits per heavy atom. The molecular formula is C32H36N4O. The summed E-state index contributed by atoms with van der Waals surface area (Å²) in [7, 11) is 0. The molecule has 190 valence electrons. The van der Waals surface area contributed by atoms with Crippen LogP contribution in [0.25, 0.3) is 0 Å². The van der Waals surface area contributed by atoms with Crippen LogP contribution in [0.3, 0.4) is 0 Å². The number of benzene rings is 3. The predicted octanol–water partition coefficient (Wildman–Crippen LogP) is 7.38. The molecule has 3 aromatic rings. The second-order valence-corrected chi connectivity index (χ2v) is 10.9. The maximum atomic E-state index is 14.5. The molecule has 0 spiro atoms. The number of rotatable bonds is 3. The van der Waals surface area contributed by atoms with Crippen LogP contribution in [0.1, 0.15) is 67.2 Å². The molecule has 37 heavy (non-hydrogen) atoms. The van der Waals surface area contributed by atoms with E-state index in [0.29, 0.717) is 11.6 Å². The normalized spacial score (nSPS) is 19.1. The fraction of sp³-hybridized carbons (Fsp3) is 0.375. The zero-order chi connectivity index (χ0) is 25.4. The number of hydrogen-bond acceptors (Lipinski definition) is 3. The van der Waals surface area contributed by atoms with Crippen LogP contribution in [0.2, 0.25) is 0 Å². The van der Waals surface area contributed by atoms with Crippen molar-refractivity contribution in [2.75, 3.05) is 10.6 Å². The second kappa shape index (κ2) is 10.0. The Morgan fingerprint density at radius 1 is 0.838 bits per heavy atom. The van der Waals surface area contributed by atoms with Gasteiger partial charge in [-0.25, -0.2) is 9.80 Å². The van der Waals surface area contributed by atoms with Crippen molar-refractivity contribution >= 4 is 28.8 Å². The van der Waals surface area contributed by atoms with Gasteiger partial charge in [0.05, 0.1) is 23.1 Å². The molecule has 2 aliphatic carbocycles. The van der Waals surface area contributed by atoms with Gasteiger partial charge in [-0.3, -0.25) is 4.90 Å². The molecule has 5 heteroatoms. The average molecular weight is 493 g/mol. The van der Waals surface area contributed by atoms with E-state index >= 15 is 0 Å². The van der Waals surface area contributed by atoms with Gasteiger partial charge in [0.15, 0.2) is 0 Å². The molecule has 1 fully saturated rings. The monoisotopic (exact) mass is 492 g/mol. The van der Waals surface area contributed by atoms with Gasteiger partial charge in [0.1, 0.15) is 0 Å². The molecular weight excluding hydrogens is 456 g/mol. The van der Waals surface area contributed by atoms with Gasteiger partial charge in [0, 0.05) is 17.2 Å². The molecule has 3 aromatic carbocycles. The molecule has 0 unspecified atom stereocenters. The van der Waals surface area contributed by atoms with Crippen molar-refractivity contribution in [2.24, 2.45) is 11.0 Å². The summed E-state index contributed by atoms with van der Waals surface area (Å²) in [6, 6.07) is 22.8. The number of nitrogen functional groups attached to an aromatic ring is 1. The minimum atomic E-state index is -0.0709. The highest BCUT2D eigenvalue weighted by Crippen LogP contribution is 2.39. The molecule has 1 saturated carbocycles. The third kappa shape index (κ3) is 4.63. The third-order valence-corrected chi connectivity index (χ3v) is 8.37. The third-order valence-electron chi connectivity index (χ3n) is 8.37. The molecule has 0 saturated heterocycles. The Balaban J connectivity index is 1.47. The van der Waals surface area contributed by atoms with Gasteiger partial charge in [-0.2, -0.15) is 5.10 Å². The number of fused-ring (bicyclic) bond motifs is 2. The van der Waals surface area contributed by atoms with Crippen LogP contribution in [0.5, 0.6) is 0 Å². The smallest absolute Gasteiger partial charge is 0.349 e. The van der Waals surface area contributed by atoms with Crippen LogP contribution in [0.15, 0.2) is 71.8 Å². The van der Waals surface area contributed by atoms with Crippen molar-refractivity contribution in [3.8, 4) is 0 Å². The first-order chi connectivity index (χ1) is 18.1. The fourth-order valence-electron chi connectivity index (χ4n) is 6.33. The number of hydrogen-bond donors (Lipinski definition) is 1. The number of carbonyl (C=O) groups is 1. The summed E-state index contributed by atoms with van der Waals surface area (Å²) < 4.78 is 0. The lowest BCUT2D eigenvalue weighted by molar-refractivity contribution is 0.179. The Labute approximate surface area is 220 Å². The summed E-state index contributed by atoms with van der Waals surface area (Å²) in [4.78, 5) is 16.4. The number of carbonyl (C=O) groups excluding carboxylic acids is 1. The Kier molecular flexibility index (Phi) is 6.45. The van der Waals surface area contributed by atoms with Crippen LogP contribution in [0.4, 0.5) is 21.9 Å². The summed E-state index contributed by atoms with van der Waals surface area (Å²) in [6.45, 7) is 2.09. The lowest BCUT2D eigenvalue weighted by Crippen LogP contribution is -2.43. The lowest BCUT2D eigenvalue weighted by Gasteiger charge is -2.31. The molecule has 0 atom stereocenters. The fourth-order valence-corrected chi connectivity index (χ4v) is 6.33. The van der Waals surface area contributed by atoms with Gasteiger partial charge >= 0.3 is 6.03 Å². The first-order valence-electron chi connectivity index (χ1n) is 13.8. The molecule has 0 bridgehead atoms. The summed E-state index contributed by atoms with van der Waals surface area (Å²) in [5.74, 6) is 0.375. The molecule has 0 radical (unpaired) electrons. The standard InChI is InChI=1S/C32H36N4O/c1-22-11-20-29-30(21-22)35(27-18-14-26(33)15-19-27)32(37)36(34-31(29)25-9-3-2-4-10-25)28-16-12-23-7-5-6-8-24(23)13-17-28/h5-8,11,14-15,18-21,25,28H,2-4,9-10,12-13,16-17,33H2,1H3. The summed E-state index contributed by atoms with van der Waals surface area (Å²) >= 11 is 0. The molecule has 1 heterocycles. The molecule has 0 aromatic heterocycles. The van der Waals surface area contributed by atoms with E-state index in [1.807, 2.05) is 34.2 Å². The number of urea groups is 1. The SMILES string of the molecule is Cc1ccc2c(c1)N(c1ccc(N)cc1)C(=O)N(C1CCc3ccccc3CC1)N=C2C1CCCCC1. The Morgan fingerprint density at radius 2 is 1.51 bits per heavy atom. The zero-order valence-electron chi connectivity index (χ0n) is 21.7. The average Bonchev–Trinajstić information content (AvgIpc) is 3.21. The summed E-state index contributed by atoms with van der Waals surface area (Å²) in [6.07, 6.45) is 9.74. The number of hydrazone groups is 1. The van der Waals surface area contributed by atoms with Crippen LogP contribution in [0, 0.1) is 12.8 Å². The van der Waals surface area contributed by atoms with E-state index in [1.165, 1.54) is 30.4 Å². The van der Waals surface area contributed by atoms with Gasteiger partial charge in [-0.15, -0.1) is 0 Å². The molecule has 3 aliphatic rings. The summed E-state index contributed by atoms with van der Waals surface area (Å²) in [5, 5.41) is 7.16. The van der Waals surface area contributed by atoms with E-state index in [0.717, 1.165) is 66.7 Å². The van der Waals surface area contributed by atoms with Crippen LogP contribution in [-0.4, -0.2) is 22.8 Å². The molecule has 2 N–H and O–H groups in total. The van der Waals surface area contributed by atoms with Crippen molar-refractivity contribution in [2.45, 2.75) is 70.8 Å². The van der Waals surface area contributed by atoms with E-state index in [2.05, 4.69) is 49.4 Å². The number of amides is 2. The van der Waals surface area contributed by atoms with Crippen LogP contribution < -0.4 is 10.6 Å². The lowest BCUT2D eigenvalue weighted by atomic mass is 9.82. The predicted molar refractivity (Wildman–Crippen MR) is 151 cm³/mol. The van der Waals surface area contributed by atoms with Crippen molar-refractivity contribution in [1.29, 1.82) is 0 Å². The second-order valence-electron chi connectivity index (χ2n) is 10.9. The number of nitrogens with zero attached hydrogens (tertiary/aromatic N) is 3. The van der Waals surface area contributed by atoms with E-state index in [-0.39, 0.29) is 12.1 Å². The van der Waals surface area contributed by atoms with E-state index in [4.69, 9.17) is 10.8 Å². The van der Waals surface area contributed by atoms with Gasteiger partial charge in [0.25, 0.3) is 0 Å². The quantitative estimate of drug-likeness (QED) is 0.306. The van der Waals surface area contributed by atoms with Crippen LogP contribution in [-0.2, 0) is 12.8 Å². The van der Waals surface area contributed by atoms with Crippen molar-refractivity contribution in [3.05, 3.63) is 89.0 Å². The Hall–Kier alpha value is -3.60. The maximum absolute atomic E-state index is 14.5. The highest BCUT2D eigenvalue weighted by molar-refractivity contribution is 6.14. The highest BCUT2D eigenvalue weighted by Gasteiger charge is 2.37. The number of nitrogens with two attached hydrogens (primary N) is 1. The largest absolute Gasteiger partial charge is 0.399 e. The van der Waals surface area contributed by atoms with Crippen LogP contribution >= 0.6 is 0 Å². The van der Waals surface area contributed by atoms with Gasteiger partial charge in [0.2, 0.25) is 0 Å². The first-order valence-corrected chi connectivity index (χ1v) is 13.8. The highest BCUT2D eigenvalue weighted by atomic mass is 16.2. The Bertz CT molecular complexity index is 1300. The molecule has 2 amide bonds. The van der Waals surface area contributed by atoms with Gasteiger partial charge in [-0.05, 0) is 92.5 Å². The minimum Gasteiger partial charge on any atom is -0.399 e. The molecule has 6 rings (SSSR count). The number of anilines is 3. The molecule has 1 aliphatic heterocycles. The zero-order valence-corrected chi connectivity index (χ0v) is 21.7. The van der Waals surface area contributed by atoms with E-state index in [9.17, 15) is 4.79 Å². The van der Waals surface area contributed by atoms with Crippen molar-refractivity contribution in [1.82, 2.24) is 5.01 Å². The van der Waals surface area contributed by atoms with Gasteiger partial charge in [-0.1, -0.05) is 55.7 Å². The van der Waals surface area contributed by atoms with Gasteiger partial charge < -0.3 is 5.73 Å². The number of aryl methyl sites for hydroxylation is 3. The van der Waals surface area contributed by atoms with E-state index < -0.39 is 0 Å². The first kappa shape index (κ1) is 23.8. The minimum absolute atomic E-state index is 0.0465. The topological polar surface area (TPSA) is 61.9 Å². The van der Waals surface area contributed by atoms with Crippen molar-refractivity contribution < 1.29 is 4.79 Å².